The molecule has 0 aromatic rings. The van der Waals surface area contributed by atoms with Crippen molar-refractivity contribution in [1.29, 1.82) is 0 Å². The van der Waals surface area contributed by atoms with E-state index in [2.05, 4.69) is 0 Å². The highest BCUT2D eigenvalue weighted by Gasteiger charge is 2.47. The third kappa shape index (κ3) is 1.94. The molecule has 0 aliphatic carbocycles. The smallest absolute Gasteiger partial charge is 0.229 e. The number of ketones is 1. The summed E-state index contributed by atoms with van der Waals surface area (Å²) >= 11 is 0. The molecule has 0 radical (unpaired) electrons. The molecule has 1 saturated heterocycles. The Hall–Kier alpha value is -0.530. The number of carbonyl (C=O) groups is 1. The van der Waals surface area contributed by atoms with Crippen LogP contribution in [0.1, 0.15) is 13.3 Å². The monoisotopic (exact) mass is 206 g/mol. The van der Waals surface area contributed by atoms with Crippen LogP contribution in [0.5, 0.6) is 0 Å². The second-order valence-electron chi connectivity index (χ2n) is 3.44. The van der Waals surface area contributed by atoms with Crippen LogP contribution in [0.25, 0.3) is 0 Å². The number of aliphatic hydroxyl groups excluding tert-OH is 3. The lowest BCUT2D eigenvalue weighted by molar-refractivity contribution is -0.288. The fraction of sp³-hybridized carbons (Fsp3) is 0.875. The quantitative estimate of drug-likeness (QED) is 0.407. The van der Waals surface area contributed by atoms with Gasteiger partial charge >= 0.3 is 0 Å². The summed E-state index contributed by atoms with van der Waals surface area (Å²) in [6.07, 6.45) is -4.11. The van der Waals surface area contributed by atoms with Crippen molar-refractivity contribution in [2.24, 2.45) is 0 Å². The van der Waals surface area contributed by atoms with Gasteiger partial charge in [-0.1, -0.05) is 0 Å². The maximum Gasteiger partial charge on any atom is 0.229 e. The maximum atomic E-state index is 11.0. The average molecular weight is 206 g/mol. The highest BCUT2D eigenvalue weighted by molar-refractivity contribution is 5.83. The predicted molar refractivity (Wildman–Crippen MR) is 44.2 cm³/mol. The summed E-state index contributed by atoms with van der Waals surface area (Å²) in [6, 6.07) is 0. The van der Waals surface area contributed by atoms with E-state index >= 15 is 0 Å². The van der Waals surface area contributed by atoms with Gasteiger partial charge in [-0.2, -0.15) is 0 Å². The highest BCUT2D eigenvalue weighted by atomic mass is 16.6. The van der Waals surface area contributed by atoms with Crippen LogP contribution in [0, 0.1) is 0 Å². The van der Waals surface area contributed by atoms with Gasteiger partial charge in [0.2, 0.25) is 5.79 Å². The first-order valence-electron chi connectivity index (χ1n) is 4.29. The topological polar surface area (TPSA) is 107 Å². The van der Waals surface area contributed by atoms with Crippen molar-refractivity contribution in [2.75, 3.05) is 6.61 Å². The molecule has 4 N–H and O–H groups in total. The van der Waals surface area contributed by atoms with Crippen LogP contribution >= 0.6 is 0 Å². The van der Waals surface area contributed by atoms with Gasteiger partial charge in [-0.05, 0) is 0 Å². The molecule has 0 bridgehead atoms. The predicted octanol–water partition coefficient (Wildman–Crippen LogP) is -2.23. The van der Waals surface area contributed by atoms with Crippen LogP contribution < -0.4 is 0 Å². The molecule has 14 heavy (non-hydrogen) atoms. The van der Waals surface area contributed by atoms with Crippen molar-refractivity contribution in [3.63, 3.8) is 0 Å². The Labute approximate surface area is 80.7 Å². The van der Waals surface area contributed by atoms with Gasteiger partial charge in [-0.3, -0.25) is 4.79 Å². The molecule has 6 nitrogen and oxygen atoms in total. The standard InChI is InChI=1S/C8H14O6/c1-4(10)8(13)2-5(11)7(12)6(3-9)14-8/h5-7,9,11-13H,2-3H2,1H3/t5-,6-,7-,8+/m1/s1. The molecule has 6 heteroatoms. The number of hydrogen-bond donors (Lipinski definition) is 4. The zero-order valence-corrected chi connectivity index (χ0v) is 7.75. The molecule has 1 fully saturated rings. The summed E-state index contributed by atoms with van der Waals surface area (Å²) in [5.74, 6) is -2.77. The van der Waals surface area contributed by atoms with E-state index in [-0.39, 0.29) is 6.42 Å². The molecule has 0 aromatic heterocycles. The van der Waals surface area contributed by atoms with E-state index in [0.717, 1.165) is 6.92 Å². The van der Waals surface area contributed by atoms with Crippen LogP contribution in [0.3, 0.4) is 0 Å². The summed E-state index contributed by atoms with van der Waals surface area (Å²) < 4.78 is 4.81. The van der Waals surface area contributed by atoms with Crippen molar-refractivity contribution in [3.8, 4) is 0 Å². The van der Waals surface area contributed by atoms with E-state index in [9.17, 15) is 20.1 Å². The third-order valence-corrected chi connectivity index (χ3v) is 2.34. The van der Waals surface area contributed by atoms with Gasteiger partial charge in [0.15, 0.2) is 5.78 Å². The number of rotatable bonds is 2. The third-order valence-electron chi connectivity index (χ3n) is 2.34. The van der Waals surface area contributed by atoms with E-state index in [4.69, 9.17) is 9.84 Å². The minimum absolute atomic E-state index is 0.389. The van der Waals surface area contributed by atoms with Gasteiger partial charge in [0, 0.05) is 13.3 Å². The normalized spacial score (nSPS) is 43.6. The Kier molecular flexibility index (Phi) is 3.23. The molecule has 1 heterocycles. The minimum Gasteiger partial charge on any atom is -0.394 e. The maximum absolute atomic E-state index is 11.0. The summed E-state index contributed by atoms with van der Waals surface area (Å²) in [4.78, 5) is 11.0. The average Bonchev–Trinajstić information content (AvgIpc) is 2.11. The molecular formula is C8H14O6. The molecule has 4 atom stereocenters. The molecule has 0 saturated carbocycles. The second kappa shape index (κ2) is 3.92. The fourth-order valence-electron chi connectivity index (χ4n) is 1.39. The molecule has 0 spiro atoms. The summed E-state index contributed by atoms with van der Waals surface area (Å²) in [6.45, 7) is 0.534. The van der Waals surface area contributed by atoms with Crippen LogP contribution in [-0.4, -0.2) is 56.9 Å². The van der Waals surface area contributed by atoms with Crippen molar-refractivity contribution < 1.29 is 30.0 Å². The molecule has 82 valence electrons. The molecule has 0 aromatic carbocycles. The Morgan fingerprint density at radius 3 is 2.57 bits per heavy atom. The zero-order chi connectivity index (χ0) is 10.9. The van der Waals surface area contributed by atoms with E-state index in [1.54, 1.807) is 0 Å². The molecule has 1 rings (SSSR count). The summed E-state index contributed by atoms with van der Waals surface area (Å²) in [7, 11) is 0. The molecule has 0 unspecified atom stereocenters. The SMILES string of the molecule is CC(=O)[C@]1(O)C[C@@H](O)[C@@H](O)[C@@H](CO)O1. The number of hydrogen-bond acceptors (Lipinski definition) is 6. The molecule has 1 aliphatic rings. The van der Waals surface area contributed by atoms with Crippen LogP contribution in [0.4, 0.5) is 0 Å². The van der Waals surface area contributed by atoms with Crippen LogP contribution in [0.15, 0.2) is 0 Å². The number of aliphatic hydroxyl groups is 4. The van der Waals surface area contributed by atoms with E-state index < -0.39 is 36.5 Å². The first-order chi connectivity index (χ1) is 6.40. The number of Topliss-reactive ketones (excluding diaryl/α,β-unsaturated/α-hetero) is 1. The van der Waals surface area contributed by atoms with E-state index in [1.165, 1.54) is 0 Å². The Bertz CT molecular complexity index is 230. The minimum atomic E-state index is -2.11. The van der Waals surface area contributed by atoms with Crippen molar-refractivity contribution in [2.45, 2.75) is 37.4 Å². The highest BCUT2D eigenvalue weighted by Crippen LogP contribution is 2.27. The Morgan fingerprint density at radius 1 is 1.57 bits per heavy atom. The number of carbonyl (C=O) groups excluding carboxylic acids is 1. The lowest BCUT2D eigenvalue weighted by atomic mass is 9.94. The van der Waals surface area contributed by atoms with Crippen molar-refractivity contribution in [3.05, 3.63) is 0 Å². The van der Waals surface area contributed by atoms with E-state index in [0.29, 0.717) is 0 Å². The zero-order valence-electron chi connectivity index (χ0n) is 7.75. The summed E-state index contributed by atoms with van der Waals surface area (Å²) in [5, 5.41) is 37.0. The molecule has 0 amide bonds. The van der Waals surface area contributed by atoms with Crippen LogP contribution in [0.2, 0.25) is 0 Å². The van der Waals surface area contributed by atoms with Gasteiger partial charge in [-0.25, -0.2) is 0 Å². The summed E-state index contributed by atoms with van der Waals surface area (Å²) in [5.41, 5.74) is 0. The van der Waals surface area contributed by atoms with Crippen LogP contribution in [-0.2, 0) is 9.53 Å². The Balaban J connectivity index is 2.81. The second-order valence-corrected chi connectivity index (χ2v) is 3.44. The van der Waals surface area contributed by atoms with Gasteiger partial charge < -0.3 is 25.2 Å². The lowest BCUT2D eigenvalue weighted by Crippen LogP contribution is -2.58. The molecule has 1 aliphatic heterocycles. The van der Waals surface area contributed by atoms with Crippen molar-refractivity contribution in [1.82, 2.24) is 0 Å². The number of ether oxygens (including phenoxy) is 1. The van der Waals surface area contributed by atoms with Crippen molar-refractivity contribution >= 4 is 5.78 Å². The van der Waals surface area contributed by atoms with Gasteiger partial charge in [0.1, 0.15) is 12.2 Å². The fourth-order valence-corrected chi connectivity index (χ4v) is 1.39. The largest absolute Gasteiger partial charge is 0.394 e. The lowest BCUT2D eigenvalue weighted by Gasteiger charge is -2.40. The Morgan fingerprint density at radius 2 is 2.14 bits per heavy atom. The van der Waals surface area contributed by atoms with E-state index in [1.807, 2.05) is 0 Å². The first kappa shape index (κ1) is 11.5. The molecular weight excluding hydrogens is 192 g/mol. The van der Waals surface area contributed by atoms with Gasteiger partial charge in [-0.15, -0.1) is 0 Å². The van der Waals surface area contributed by atoms with Gasteiger partial charge in [0.25, 0.3) is 0 Å². The first-order valence-corrected chi connectivity index (χ1v) is 4.29. The van der Waals surface area contributed by atoms with Gasteiger partial charge in [0.05, 0.1) is 12.7 Å².